The van der Waals surface area contributed by atoms with Crippen molar-refractivity contribution in [1.29, 1.82) is 0 Å². The lowest BCUT2D eigenvalue weighted by Crippen LogP contribution is -2.38. The number of hydrogen-bond acceptors (Lipinski definition) is 6. The number of benzene rings is 1. The number of H-pyrrole nitrogens is 1. The van der Waals surface area contributed by atoms with Gasteiger partial charge in [-0.05, 0) is 12.5 Å². The fourth-order valence-corrected chi connectivity index (χ4v) is 4.17. The zero-order valence-electron chi connectivity index (χ0n) is 12.1. The molecule has 1 aromatic heterocycles. The average Bonchev–Trinajstić information content (AvgIpc) is 3.08. The molecule has 0 unspecified atom stereocenters. The molecule has 9 heteroatoms. The lowest BCUT2D eigenvalue weighted by Gasteiger charge is -2.10. The first-order valence-corrected chi connectivity index (χ1v) is 8.87. The molecule has 0 saturated carbocycles. The lowest BCUT2D eigenvalue weighted by molar-refractivity contribution is -0.124. The molecule has 1 saturated heterocycles. The maximum absolute atomic E-state index is 12.0. The zero-order chi connectivity index (χ0) is 16.4. The first-order chi connectivity index (χ1) is 10.9. The number of nitrogens with zero attached hydrogens (tertiary/aromatic N) is 1. The van der Waals surface area contributed by atoms with Gasteiger partial charge in [0.1, 0.15) is 0 Å². The molecule has 2 heterocycles. The van der Waals surface area contributed by atoms with E-state index in [0.717, 1.165) is 0 Å². The summed E-state index contributed by atoms with van der Waals surface area (Å²) in [6.07, 6.45) is 0.381. The van der Waals surface area contributed by atoms with E-state index in [1.165, 1.54) is 0 Å². The van der Waals surface area contributed by atoms with Gasteiger partial charge in [-0.2, -0.15) is 5.10 Å². The molecule has 0 radical (unpaired) electrons. The monoisotopic (exact) mass is 337 g/mol. The second-order valence-corrected chi connectivity index (χ2v) is 7.59. The molecular weight excluding hydrogens is 322 g/mol. The van der Waals surface area contributed by atoms with E-state index in [-0.39, 0.29) is 17.2 Å². The summed E-state index contributed by atoms with van der Waals surface area (Å²) in [4.78, 5) is 23.7. The van der Waals surface area contributed by atoms with Crippen LogP contribution in [0.2, 0.25) is 0 Å². The van der Waals surface area contributed by atoms with Crippen molar-refractivity contribution in [3.05, 3.63) is 30.0 Å². The quantitative estimate of drug-likeness (QED) is 0.760. The van der Waals surface area contributed by atoms with Gasteiger partial charge in [-0.1, -0.05) is 18.2 Å². The predicted molar refractivity (Wildman–Crippen MR) is 81.6 cm³/mol. The number of aromatic nitrogens is 2. The van der Waals surface area contributed by atoms with Gasteiger partial charge >= 0.3 is 5.97 Å². The maximum atomic E-state index is 12.0. The third-order valence-corrected chi connectivity index (χ3v) is 5.36. The first kappa shape index (κ1) is 15.5. The second kappa shape index (κ2) is 5.99. The highest BCUT2D eigenvalue weighted by atomic mass is 32.2. The molecule has 0 spiro atoms. The number of aromatic amines is 1. The van der Waals surface area contributed by atoms with E-state index in [1.807, 2.05) is 0 Å². The summed E-state index contributed by atoms with van der Waals surface area (Å²) in [6.45, 7) is -0.476. The van der Waals surface area contributed by atoms with Crippen molar-refractivity contribution in [2.75, 3.05) is 18.1 Å². The number of para-hydroxylation sites is 1. The zero-order valence-corrected chi connectivity index (χ0v) is 12.9. The topological polar surface area (TPSA) is 118 Å². The van der Waals surface area contributed by atoms with E-state index in [4.69, 9.17) is 4.74 Å². The number of fused-ring (bicyclic) bond motifs is 1. The number of carbonyl (C=O) groups is 2. The molecule has 23 heavy (non-hydrogen) atoms. The van der Waals surface area contributed by atoms with Gasteiger partial charge in [0.25, 0.3) is 5.91 Å². The van der Waals surface area contributed by atoms with Crippen molar-refractivity contribution < 1.29 is 22.7 Å². The van der Waals surface area contributed by atoms with Crippen LogP contribution in [0.5, 0.6) is 0 Å². The molecule has 122 valence electrons. The number of nitrogens with one attached hydrogen (secondary N) is 2. The molecule has 1 atom stereocenters. The Kier molecular flexibility index (Phi) is 4.03. The normalized spacial score (nSPS) is 19.6. The highest BCUT2D eigenvalue weighted by Gasteiger charge is 2.29. The number of rotatable bonds is 4. The van der Waals surface area contributed by atoms with Gasteiger partial charge in [-0.25, -0.2) is 13.2 Å². The third-order valence-electron chi connectivity index (χ3n) is 3.60. The molecular formula is C14H15N3O5S. The smallest absolute Gasteiger partial charge is 0.359 e. The van der Waals surface area contributed by atoms with Crippen LogP contribution < -0.4 is 5.32 Å². The Labute approximate surface area is 132 Å². The van der Waals surface area contributed by atoms with Crippen LogP contribution in [0.25, 0.3) is 10.9 Å². The van der Waals surface area contributed by atoms with Crippen LogP contribution in [-0.4, -0.2) is 54.6 Å². The van der Waals surface area contributed by atoms with E-state index < -0.39 is 34.4 Å². The fraction of sp³-hybridized carbons (Fsp3) is 0.357. The molecule has 1 amide bonds. The summed E-state index contributed by atoms with van der Waals surface area (Å²) in [5, 5.41) is 9.75. The van der Waals surface area contributed by atoms with Crippen molar-refractivity contribution in [3.63, 3.8) is 0 Å². The highest BCUT2D eigenvalue weighted by molar-refractivity contribution is 7.91. The number of hydrogen-bond donors (Lipinski definition) is 2. The molecule has 1 aliphatic rings. The highest BCUT2D eigenvalue weighted by Crippen LogP contribution is 2.16. The number of amides is 1. The molecule has 0 bridgehead atoms. The molecule has 0 aliphatic carbocycles. The molecule has 1 aliphatic heterocycles. The van der Waals surface area contributed by atoms with Gasteiger partial charge in [0.15, 0.2) is 22.1 Å². The second-order valence-electron chi connectivity index (χ2n) is 5.36. The molecule has 1 fully saturated rings. The van der Waals surface area contributed by atoms with Crippen molar-refractivity contribution in [1.82, 2.24) is 15.5 Å². The first-order valence-electron chi connectivity index (χ1n) is 7.05. The van der Waals surface area contributed by atoms with E-state index in [1.54, 1.807) is 24.3 Å². The molecule has 2 aromatic rings. The largest absolute Gasteiger partial charge is 0.451 e. The van der Waals surface area contributed by atoms with Gasteiger partial charge in [0, 0.05) is 11.4 Å². The Morgan fingerprint density at radius 1 is 1.35 bits per heavy atom. The van der Waals surface area contributed by atoms with Crippen molar-refractivity contribution in [2.45, 2.75) is 12.5 Å². The van der Waals surface area contributed by atoms with Crippen LogP contribution in [0.15, 0.2) is 24.3 Å². The Bertz CT molecular complexity index is 858. The van der Waals surface area contributed by atoms with Gasteiger partial charge in [0.05, 0.1) is 17.0 Å². The third kappa shape index (κ3) is 3.50. The van der Waals surface area contributed by atoms with Gasteiger partial charge in [-0.15, -0.1) is 0 Å². The van der Waals surface area contributed by atoms with E-state index >= 15 is 0 Å². The molecule has 3 rings (SSSR count). The summed E-state index contributed by atoms with van der Waals surface area (Å²) in [6, 6.07) is 6.64. The summed E-state index contributed by atoms with van der Waals surface area (Å²) in [5.74, 6) is -1.25. The van der Waals surface area contributed by atoms with Crippen LogP contribution in [0.4, 0.5) is 0 Å². The van der Waals surface area contributed by atoms with Crippen LogP contribution in [0.1, 0.15) is 16.9 Å². The molecule has 2 N–H and O–H groups in total. The SMILES string of the molecule is O=C(COC(=O)c1n[nH]c2ccccc12)N[C@H]1CCS(=O)(=O)C1. The van der Waals surface area contributed by atoms with Crippen LogP contribution in [0, 0.1) is 0 Å². The number of carbonyl (C=O) groups excluding carboxylic acids is 2. The number of ether oxygens (including phenoxy) is 1. The molecule has 1 aromatic carbocycles. The molecule has 8 nitrogen and oxygen atoms in total. The summed E-state index contributed by atoms with van der Waals surface area (Å²) >= 11 is 0. The van der Waals surface area contributed by atoms with E-state index in [9.17, 15) is 18.0 Å². The summed E-state index contributed by atoms with van der Waals surface area (Å²) < 4.78 is 27.6. The lowest BCUT2D eigenvalue weighted by atomic mass is 10.2. The Hall–Kier alpha value is -2.42. The Morgan fingerprint density at radius 3 is 2.87 bits per heavy atom. The minimum atomic E-state index is -3.07. The minimum absolute atomic E-state index is 0.0665. The van der Waals surface area contributed by atoms with Gasteiger partial charge in [0.2, 0.25) is 0 Å². The maximum Gasteiger partial charge on any atom is 0.359 e. The van der Waals surface area contributed by atoms with Crippen LogP contribution >= 0.6 is 0 Å². The van der Waals surface area contributed by atoms with Crippen LogP contribution in [-0.2, 0) is 19.4 Å². The predicted octanol–water partition coefficient (Wildman–Crippen LogP) is 0.0230. The average molecular weight is 337 g/mol. The minimum Gasteiger partial charge on any atom is -0.451 e. The fourth-order valence-electron chi connectivity index (χ4n) is 2.50. The van der Waals surface area contributed by atoms with Crippen molar-refractivity contribution in [2.24, 2.45) is 0 Å². The summed E-state index contributed by atoms with van der Waals surface area (Å²) in [5.41, 5.74) is 0.803. The Morgan fingerprint density at radius 2 is 2.13 bits per heavy atom. The number of esters is 1. The van der Waals surface area contributed by atoms with E-state index in [0.29, 0.717) is 17.3 Å². The van der Waals surface area contributed by atoms with Crippen molar-refractivity contribution >= 4 is 32.6 Å². The van der Waals surface area contributed by atoms with Gasteiger partial charge in [-0.3, -0.25) is 9.89 Å². The van der Waals surface area contributed by atoms with Gasteiger partial charge < -0.3 is 10.1 Å². The standard InChI is InChI=1S/C14H15N3O5S/c18-12(15-9-5-6-23(20,21)8-9)7-22-14(19)13-10-3-1-2-4-11(10)16-17-13/h1-4,9H,5-8H2,(H,15,18)(H,16,17)/t9-/m0/s1. The summed E-state index contributed by atoms with van der Waals surface area (Å²) in [7, 11) is -3.07. The number of sulfone groups is 1. The van der Waals surface area contributed by atoms with Crippen LogP contribution in [0.3, 0.4) is 0 Å². The van der Waals surface area contributed by atoms with Crippen molar-refractivity contribution in [3.8, 4) is 0 Å². The van der Waals surface area contributed by atoms with E-state index in [2.05, 4.69) is 15.5 Å². The Balaban J connectivity index is 1.56.